The maximum atomic E-state index is 13.1. The number of hydrogen-bond acceptors (Lipinski definition) is 4. The van der Waals surface area contributed by atoms with Crippen LogP contribution in [0.2, 0.25) is 0 Å². The molecule has 5 nitrogen and oxygen atoms in total. The van der Waals surface area contributed by atoms with Crippen LogP contribution in [0.1, 0.15) is 32.3 Å². The predicted octanol–water partition coefficient (Wildman–Crippen LogP) is 3.40. The van der Waals surface area contributed by atoms with Gasteiger partial charge in [-0.3, -0.25) is 9.69 Å². The minimum atomic E-state index is 0.00815. The lowest BCUT2D eigenvalue weighted by atomic mass is 10.00. The van der Waals surface area contributed by atoms with Gasteiger partial charge in [0.25, 0.3) is 0 Å². The Labute approximate surface area is 162 Å². The standard InChI is InChI=1S/C22H30N2O3/c1-5-7-19-9-6-8-16(2)24(19)22(25)15-23-13-17(3)27-21-12-20(26-4)11-10-18(21)14-23/h5-6,8,10-12,16-17,19H,1,7,9,13-15H2,2-4H3/t16-,17?,19-/m1/s1. The molecule has 3 atom stereocenters. The molecule has 1 aromatic rings. The summed E-state index contributed by atoms with van der Waals surface area (Å²) >= 11 is 0. The van der Waals surface area contributed by atoms with Crippen molar-refractivity contribution in [2.45, 2.75) is 51.4 Å². The third kappa shape index (κ3) is 4.53. The third-order valence-corrected chi connectivity index (χ3v) is 5.25. The lowest BCUT2D eigenvalue weighted by molar-refractivity contribution is -0.136. The van der Waals surface area contributed by atoms with Crippen LogP contribution >= 0.6 is 0 Å². The summed E-state index contributed by atoms with van der Waals surface area (Å²) in [6.45, 7) is 9.78. The third-order valence-electron chi connectivity index (χ3n) is 5.25. The summed E-state index contributed by atoms with van der Waals surface area (Å²) < 4.78 is 11.4. The average molecular weight is 370 g/mol. The van der Waals surface area contributed by atoms with E-state index in [1.54, 1.807) is 7.11 Å². The Bertz CT molecular complexity index is 716. The summed E-state index contributed by atoms with van der Waals surface area (Å²) in [6.07, 6.45) is 7.92. The van der Waals surface area contributed by atoms with Crippen molar-refractivity contribution in [2.24, 2.45) is 0 Å². The summed E-state index contributed by atoms with van der Waals surface area (Å²) in [5.41, 5.74) is 1.09. The zero-order chi connectivity index (χ0) is 19.4. The first-order valence-electron chi connectivity index (χ1n) is 9.66. The number of rotatable bonds is 5. The van der Waals surface area contributed by atoms with Crippen LogP contribution in [0.25, 0.3) is 0 Å². The predicted molar refractivity (Wildman–Crippen MR) is 107 cm³/mol. The molecule has 27 heavy (non-hydrogen) atoms. The number of nitrogens with zero attached hydrogens (tertiary/aromatic N) is 2. The topological polar surface area (TPSA) is 42.0 Å². The van der Waals surface area contributed by atoms with E-state index < -0.39 is 0 Å². The van der Waals surface area contributed by atoms with Gasteiger partial charge in [-0.25, -0.2) is 0 Å². The Morgan fingerprint density at radius 2 is 2.22 bits per heavy atom. The Balaban J connectivity index is 1.74. The number of fused-ring (bicyclic) bond motifs is 1. The first-order valence-corrected chi connectivity index (χ1v) is 9.66. The van der Waals surface area contributed by atoms with E-state index in [-0.39, 0.29) is 24.1 Å². The molecule has 2 aliphatic heterocycles. The molecule has 0 radical (unpaired) electrons. The quantitative estimate of drug-likeness (QED) is 0.745. The fourth-order valence-electron chi connectivity index (χ4n) is 4.02. The molecule has 0 bridgehead atoms. The maximum Gasteiger partial charge on any atom is 0.237 e. The highest BCUT2D eigenvalue weighted by Gasteiger charge is 2.30. The second-order valence-corrected chi connectivity index (χ2v) is 7.46. The fraction of sp³-hybridized carbons (Fsp3) is 0.500. The van der Waals surface area contributed by atoms with E-state index in [9.17, 15) is 4.79 Å². The summed E-state index contributed by atoms with van der Waals surface area (Å²) in [4.78, 5) is 17.4. The van der Waals surface area contributed by atoms with Gasteiger partial charge in [0.15, 0.2) is 0 Å². The van der Waals surface area contributed by atoms with Crippen molar-refractivity contribution in [1.29, 1.82) is 0 Å². The van der Waals surface area contributed by atoms with Gasteiger partial charge >= 0.3 is 0 Å². The number of methoxy groups -OCH3 is 1. The van der Waals surface area contributed by atoms with Crippen molar-refractivity contribution in [3.63, 3.8) is 0 Å². The molecule has 0 aliphatic carbocycles. The minimum Gasteiger partial charge on any atom is -0.497 e. The molecule has 0 N–H and O–H groups in total. The molecule has 0 saturated carbocycles. The lowest BCUT2D eigenvalue weighted by Gasteiger charge is -2.38. The maximum absolute atomic E-state index is 13.1. The van der Waals surface area contributed by atoms with Gasteiger partial charge in [-0.05, 0) is 32.8 Å². The van der Waals surface area contributed by atoms with E-state index in [1.165, 1.54) is 0 Å². The van der Waals surface area contributed by atoms with E-state index in [0.717, 1.165) is 29.9 Å². The molecule has 0 aromatic heterocycles. The van der Waals surface area contributed by atoms with Crippen molar-refractivity contribution in [3.05, 3.63) is 48.6 Å². The normalized spacial score (nSPS) is 25.3. The zero-order valence-electron chi connectivity index (χ0n) is 16.6. The van der Waals surface area contributed by atoms with E-state index in [4.69, 9.17) is 9.47 Å². The number of ether oxygens (including phenoxy) is 2. The molecule has 1 unspecified atom stereocenters. The van der Waals surface area contributed by atoms with Gasteiger partial charge in [-0.15, -0.1) is 6.58 Å². The van der Waals surface area contributed by atoms with Crippen LogP contribution in [0.3, 0.4) is 0 Å². The highest BCUT2D eigenvalue weighted by atomic mass is 16.5. The van der Waals surface area contributed by atoms with Gasteiger partial charge < -0.3 is 14.4 Å². The van der Waals surface area contributed by atoms with Gasteiger partial charge in [-0.2, -0.15) is 0 Å². The Morgan fingerprint density at radius 1 is 1.41 bits per heavy atom. The van der Waals surface area contributed by atoms with Crippen LogP contribution in [0.5, 0.6) is 11.5 Å². The number of benzene rings is 1. The van der Waals surface area contributed by atoms with E-state index in [1.807, 2.05) is 36.1 Å². The summed E-state index contributed by atoms with van der Waals surface area (Å²) in [6, 6.07) is 6.21. The molecule has 5 heteroatoms. The van der Waals surface area contributed by atoms with E-state index in [2.05, 4.69) is 30.6 Å². The van der Waals surface area contributed by atoms with Crippen LogP contribution in [0.15, 0.2) is 43.0 Å². The SMILES string of the molecule is C=CC[C@@H]1CC=C[C@@H](C)N1C(=O)CN1Cc2ccc(OC)cc2OC(C)C1. The van der Waals surface area contributed by atoms with Crippen LogP contribution < -0.4 is 9.47 Å². The highest BCUT2D eigenvalue weighted by molar-refractivity contribution is 5.79. The van der Waals surface area contributed by atoms with Gasteiger partial charge in [0, 0.05) is 36.8 Å². The van der Waals surface area contributed by atoms with Gasteiger partial charge in [-0.1, -0.05) is 24.3 Å². The van der Waals surface area contributed by atoms with E-state index >= 15 is 0 Å². The van der Waals surface area contributed by atoms with Gasteiger partial charge in [0.2, 0.25) is 5.91 Å². The lowest BCUT2D eigenvalue weighted by Crippen LogP contribution is -2.51. The smallest absolute Gasteiger partial charge is 0.237 e. The van der Waals surface area contributed by atoms with E-state index in [0.29, 0.717) is 19.6 Å². The highest BCUT2D eigenvalue weighted by Crippen LogP contribution is 2.29. The summed E-state index contributed by atoms with van der Waals surface area (Å²) in [5.74, 6) is 1.80. The molecule has 146 valence electrons. The van der Waals surface area contributed by atoms with Gasteiger partial charge in [0.05, 0.1) is 13.7 Å². The van der Waals surface area contributed by atoms with Crippen LogP contribution in [0.4, 0.5) is 0 Å². The second kappa shape index (κ2) is 8.61. The van der Waals surface area contributed by atoms with Crippen molar-refractivity contribution < 1.29 is 14.3 Å². The fourth-order valence-corrected chi connectivity index (χ4v) is 4.02. The van der Waals surface area contributed by atoms with Crippen molar-refractivity contribution in [1.82, 2.24) is 9.80 Å². The van der Waals surface area contributed by atoms with Crippen LogP contribution in [-0.4, -0.2) is 54.1 Å². The first-order chi connectivity index (χ1) is 13.0. The number of carbonyl (C=O) groups excluding carboxylic acids is 1. The Morgan fingerprint density at radius 3 is 2.96 bits per heavy atom. The summed E-state index contributed by atoms with van der Waals surface area (Å²) in [5, 5.41) is 0. The Kier molecular flexibility index (Phi) is 6.22. The monoisotopic (exact) mass is 370 g/mol. The first kappa shape index (κ1) is 19.5. The average Bonchev–Trinajstić information content (AvgIpc) is 2.78. The number of amides is 1. The van der Waals surface area contributed by atoms with Crippen molar-refractivity contribution >= 4 is 5.91 Å². The zero-order valence-corrected chi connectivity index (χ0v) is 16.6. The van der Waals surface area contributed by atoms with Crippen LogP contribution in [-0.2, 0) is 11.3 Å². The molecular formula is C22H30N2O3. The van der Waals surface area contributed by atoms with Gasteiger partial charge in [0.1, 0.15) is 17.6 Å². The molecule has 1 amide bonds. The number of carbonyl (C=O) groups is 1. The molecule has 3 rings (SSSR count). The second-order valence-electron chi connectivity index (χ2n) is 7.46. The summed E-state index contributed by atoms with van der Waals surface area (Å²) in [7, 11) is 1.65. The minimum absolute atomic E-state index is 0.00815. The molecular weight excluding hydrogens is 340 g/mol. The van der Waals surface area contributed by atoms with Crippen molar-refractivity contribution in [3.8, 4) is 11.5 Å². The molecule has 2 aliphatic rings. The largest absolute Gasteiger partial charge is 0.497 e. The van der Waals surface area contributed by atoms with Crippen LogP contribution in [0, 0.1) is 0 Å². The molecule has 0 saturated heterocycles. The molecule has 1 aromatic carbocycles. The molecule has 0 fully saturated rings. The molecule has 0 spiro atoms. The Hall–Kier alpha value is -2.27. The number of hydrogen-bond donors (Lipinski definition) is 0. The molecule has 2 heterocycles. The van der Waals surface area contributed by atoms with Crippen molar-refractivity contribution in [2.75, 3.05) is 20.2 Å².